The van der Waals surface area contributed by atoms with Gasteiger partial charge in [0.1, 0.15) is 5.82 Å². The topological polar surface area (TPSA) is 77.0 Å². The maximum Gasteiger partial charge on any atom is 0.208 e. The molecule has 0 aliphatic carbocycles. The first kappa shape index (κ1) is 22.9. The number of benzene rings is 1. The molecule has 0 saturated carbocycles. The van der Waals surface area contributed by atoms with Crippen LogP contribution in [0.3, 0.4) is 0 Å². The van der Waals surface area contributed by atoms with E-state index in [1.165, 1.54) is 12.1 Å². The summed E-state index contributed by atoms with van der Waals surface area (Å²) in [5.74, 6) is 0.593. The molecule has 1 aromatic rings. The molecule has 0 radical (unpaired) electrons. The Bertz CT molecular complexity index is 676. The number of aliphatic imine (C=N–C) groups is 1. The lowest BCUT2D eigenvalue weighted by Crippen LogP contribution is -2.52. The Labute approximate surface area is 172 Å². The minimum atomic E-state index is -3.13. The maximum atomic E-state index is 13.0. The Morgan fingerprint density at radius 2 is 1.77 bits per heavy atom. The third-order valence-electron chi connectivity index (χ3n) is 3.98. The third kappa shape index (κ3) is 7.62. The Morgan fingerprint density at radius 1 is 1.15 bits per heavy atom. The standard InChI is InChI=1S/C16H26FN5O2S.HI/c1-18-16(19-8-3-9-20-25(2,23)24)22-12-10-21(11-13-22)15-6-4-14(17)5-7-15;/h4-7,20H,3,8-13H2,1-2H3,(H,18,19);1H. The first-order valence-corrected chi connectivity index (χ1v) is 10.2. The molecule has 0 spiro atoms. The second-order valence-corrected chi connectivity index (χ2v) is 7.78. The highest BCUT2D eigenvalue weighted by Crippen LogP contribution is 2.16. The molecule has 10 heteroatoms. The highest BCUT2D eigenvalue weighted by atomic mass is 127. The number of nitrogens with one attached hydrogen (secondary N) is 2. The summed E-state index contributed by atoms with van der Waals surface area (Å²) < 4.78 is 37.5. The maximum absolute atomic E-state index is 13.0. The lowest BCUT2D eigenvalue weighted by molar-refractivity contribution is 0.372. The lowest BCUT2D eigenvalue weighted by atomic mass is 10.2. The Kier molecular flexibility index (Phi) is 9.58. The van der Waals surface area contributed by atoms with Gasteiger partial charge >= 0.3 is 0 Å². The van der Waals surface area contributed by atoms with E-state index < -0.39 is 10.0 Å². The molecule has 2 rings (SSSR count). The highest BCUT2D eigenvalue weighted by Gasteiger charge is 2.19. The van der Waals surface area contributed by atoms with Crippen LogP contribution in [0.1, 0.15) is 6.42 Å². The second kappa shape index (κ2) is 10.9. The van der Waals surface area contributed by atoms with Gasteiger partial charge in [0.25, 0.3) is 0 Å². The molecule has 0 amide bonds. The summed E-state index contributed by atoms with van der Waals surface area (Å²) in [6.45, 7) is 4.36. The Balaban J connectivity index is 0.00000338. The largest absolute Gasteiger partial charge is 0.368 e. The second-order valence-electron chi connectivity index (χ2n) is 5.94. The van der Waals surface area contributed by atoms with Crippen LogP contribution in [-0.2, 0) is 10.0 Å². The van der Waals surface area contributed by atoms with Gasteiger partial charge in [0.05, 0.1) is 6.26 Å². The molecule has 2 N–H and O–H groups in total. The van der Waals surface area contributed by atoms with Crippen LogP contribution in [-0.4, -0.2) is 71.8 Å². The fraction of sp³-hybridized carbons (Fsp3) is 0.562. The van der Waals surface area contributed by atoms with Crippen molar-refractivity contribution in [2.75, 3.05) is 57.5 Å². The van der Waals surface area contributed by atoms with Gasteiger partial charge in [-0.2, -0.15) is 0 Å². The number of nitrogens with zero attached hydrogens (tertiary/aromatic N) is 3. The Hall–Kier alpha value is -1.14. The van der Waals surface area contributed by atoms with E-state index in [9.17, 15) is 12.8 Å². The van der Waals surface area contributed by atoms with Crippen molar-refractivity contribution in [1.82, 2.24) is 14.9 Å². The van der Waals surface area contributed by atoms with Gasteiger partial charge in [-0.3, -0.25) is 4.99 Å². The van der Waals surface area contributed by atoms with Crippen LogP contribution in [0.4, 0.5) is 10.1 Å². The van der Waals surface area contributed by atoms with Gasteiger partial charge in [-0.1, -0.05) is 0 Å². The first-order valence-electron chi connectivity index (χ1n) is 8.30. The van der Waals surface area contributed by atoms with Crippen molar-refractivity contribution in [3.05, 3.63) is 30.1 Å². The summed E-state index contributed by atoms with van der Waals surface area (Å²) in [5.41, 5.74) is 1.02. The number of guanidine groups is 1. The normalized spacial score (nSPS) is 15.6. The molecule has 148 valence electrons. The van der Waals surface area contributed by atoms with Crippen molar-refractivity contribution in [3.8, 4) is 0 Å². The molecule has 1 aliphatic rings. The zero-order valence-corrected chi connectivity index (χ0v) is 18.3. The number of halogens is 2. The van der Waals surface area contributed by atoms with Gasteiger partial charge in [-0.25, -0.2) is 17.5 Å². The van der Waals surface area contributed by atoms with Gasteiger partial charge in [0, 0.05) is 52.0 Å². The average Bonchev–Trinajstić information content (AvgIpc) is 2.58. The van der Waals surface area contributed by atoms with Crippen molar-refractivity contribution < 1.29 is 12.8 Å². The number of piperazine rings is 1. The van der Waals surface area contributed by atoms with E-state index >= 15 is 0 Å². The van der Waals surface area contributed by atoms with Crippen LogP contribution in [0, 0.1) is 5.82 Å². The third-order valence-corrected chi connectivity index (χ3v) is 4.71. The molecule has 1 saturated heterocycles. The fourth-order valence-electron chi connectivity index (χ4n) is 2.71. The summed E-state index contributed by atoms with van der Waals surface area (Å²) in [7, 11) is -1.39. The quantitative estimate of drug-likeness (QED) is 0.265. The van der Waals surface area contributed by atoms with Crippen LogP contribution >= 0.6 is 24.0 Å². The van der Waals surface area contributed by atoms with Crippen molar-refractivity contribution in [3.63, 3.8) is 0 Å². The smallest absolute Gasteiger partial charge is 0.208 e. The minimum Gasteiger partial charge on any atom is -0.368 e. The van der Waals surface area contributed by atoms with E-state index in [1.54, 1.807) is 19.2 Å². The summed E-state index contributed by atoms with van der Waals surface area (Å²) in [5, 5.41) is 3.26. The van der Waals surface area contributed by atoms with E-state index in [4.69, 9.17) is 0 Å². The highest BCUT2D eigenvalue weighted by molar-refractivity contribution is 14.0. The molecule has 1 aliphatic heterocycles. The average molecular weight is 499 g/mol. The van der Waals surface area contributed by atoms with Crippen LogP contribution in [0.25, 0.3) is 0 Å². The fourth-order valence-corrected chi connectivity index (χ4v) is 3.22. The molecule has 0 aromatic heterocycles. The van der Waals surface area contributed by atoms with Crippen LogP contribution in [0.15, 0.2) is 29.3 Å². The van der Waals surface area contributed by atoms with Crippen LogP contribution in [0.2, 0.25) is 0 Å². The first-order chi connectivity index (χ1) is 11.9. The summed E-state index contributed by atoms with van der Waals surface area (Å²) >= 11 is 0. The SMILES string of the molecule is CN=C(NCCCNS(C)(=O)=O)N1CCN(c2ccc(F)cc2)CC1.I. The van der Waals surface area contributed by atoms with Crippen LogP contribution < -0.4 is 14.9 Å². The molecule has 1 heterocycles. The summed E-state index contributed by atoms with van der Waals surface area (Å²) in [6, 6.07) is 6.55. The Morgan fingerprint density at radius 3 is 2.31 bits per heavy atom. The van der Waals surface area contributed by atoms with Gasteiger partial charge in [0.2, 0.25) is 10.0 Å². The monoisotopic (exact) mass is 499 g/mol. The number of hydrogen-bond acceptors (Lipinski definition) is 4. The summed E-state index contributed by atoms with van der Waals surface area (Å²) in [6.07, 6.45) is 1.83. The van der Waals surface area contributed by atoms with Gasteiger partial charge < -0.3 is 15.1 Å². The minimum absolute atomic E-state index is 0. The molecule has 1 aromatic carbocycles. The van der Waals surface area contributed by atoms with Crippen molar-refractivity contribution >= 4 is 45.6 Å². The van der Waals surface area contributed by atoms with Crippen molar-refractivity contribution in [2.45, 2.75) is 6.42 Å². The molecular weight excluding hydrogens is 472 g/mol. The zero-order chi connectivity index (χ0) is 18.3. The predicted molar refractivity (Wildman–Crippen MR) is 114 cm³/mol. The number of rotatable bonds is 6. The number of sulfonamides is 1. The molecule has 7 nitrogen and oxygen atoms in total. The molecule has 0 atom stereocenters. The van der Waals surface area contributed by atoms with Crippen molar-refractivity contribution in [2.24, 2.45) is 4.99 Å². The lowest BCUT2D eigenvalue weighted by Gasteiger charge is -2.37. The molecule has 0 unspecified atom stereocenters. The molecule has 0 bridgehead atoms. The number of hydrogen-bond donors (Lipinski definition) is 2. The molecular formula is C16H27FIN5O2S. The van der Waals surface area contributed by atoms with E-state index in [1.807, 2.05) is 0 Å². The van der Waals surface area contributed by atoms with E-state index in [2.05, 4.69) is 24.8 Å². The van der Waals surface area contributed by atoms with Crippen LogP contribution in [0.5, 0.6) is 0 Å². The van der Waals surface area contributed by atoms with E-state index in [0.717, 1.165) is 44.1 Å². The van der Waals surface area contributed by atoms with Gasteiger partial charge in [0.15, 0.2) is 5.96 Å². The molecule has 1 fully saturated rings. The van der Waals surface area contributed by atoms with Gasteiger partial charge in [-0.05, 0) is 30.7 Å². The zero-order valence-electron chi connectivity index (χ0n) is 15.1. The number of anilines is 1. The van der Waals surface area contributed by atoms with E-state index in [-0.39, 0.29) is 29.8 Å². The van der Waals surface area contributed by atoms with Gasteiger partial charge in [-0.15, -0.1) is 24.0 Å². The molecule has 26 heavy (non-hydrogen) atoms. The van der Waals surface area contributed by atoms with Crippen molar-refractivity contribution in [1.29, 1.82) is 0 Å². The summed E-state index contributed by atoms with van der Waals surface area (Å²) in [4.78, 5) is 8.68. The van der Waals surface area contributed by atoms with E-state index in [0.29, 0.717) is 19.5 Å². The predicted octanol–water partition coefficient (Wildman–Crippen LogP) is 1.08.